The number of fused-ring (bicyclic) bond motifs is 1. The van der Waals surface area contributed by atoms with Gasteiger partial charge in [0, 0.05) is 12.6 Å². The molecule has 2 aromatic rings. The molecule has 0 bridgehead atoms. The number of nitrogens with two attached hydrogens (primary N) is 2. The fraction of sp³-hybridized carbons (Fsp3) is 0.400. The van der Waals surface area contributed by atoms with Crippen molar-refractivity contribution in [2.45, 2.75) is 42.3 Å². The Labute approximate surface area is 180 Å². The van der Waals surface area contributed by atoms with Crippen molar-refractivity contribution in [2.24, 2.45) is 10.9 Å². The summed E-state index contributed by atoms with van der Waals surface area (Å²) in [5.74, 6) is 0.331. The van der Waals surface area contributed by atoms with Crippen LogP contribution in [0.25, 0.3) is 0 Å². The van der Waals surface area contributed by atoms with Crippen LogP contribution in [0.15, 0.2) is 41.3 Å². The first kappa shape index (κ1) is 20.9. The molecular formula is C20H23Cl2N3O3S. The molecule has 1 aliphatic heterocycles. The molecule has 6 nitrogen and oxygen atoms in total. The first-order chi connectivity index (χ1) is 13.8. The normalized spacial score (nSPS) is 25.0. The Hall–Kier alpha value is -1.35. The number of rotatable bonds is 4. The minimum atomic E-state index is -3.98. The van der Waals surface area contributed by atoms with Crippen LogP contribution in [-0.4, -0.2) is 38.5 Å². The Balaban J connectivity index is 1.69. The molecule has 1 fully saturated rings. The molecule has 2 aliphatic rings. The summed E-state index contributed by atoms with van der Waals surface area (Å²) < 4.78 is 29.7. The van der Waals surface area contributed by atoms with Gasteiger partial charge in [-0.1, -0.05) is 47.5 Å². The fourth-order valence-electron chi connectivity index (χ4n) is 4.30. The molecule has 156 valence electrons. The molecule has 1 heterocycles. The topological polar surface area (TPSA) is 98.6 Å². The van der Waals surface area contributed by atoms with Crippen LogP contribution in [0.2, 0.25) is 10.0 Å². The SMILES string of the molecule is N[C@@H]1CCCN([C@H]2Cc3ccccc3[C@@H]2Oc2ccc(S(N)(=O)=O)c(Cl)c2Cl)C1. The van der Waals surface area contributed by atoms with Gasteiger partial charge in [0.25, 0.3) is 0 Å². The molecule has 29 heavy (non-hydrogen) atoms. The molecule has 0 amide bonds. The second-order valence-electron chi connectivity index (χ2n) is 7.64. The highest BCUT2D eigenvalue weighted by atomic mass is 35.5. The van der Waals surface area contributed by atoms with Crippen molar-refractivity contribution in [3.8, 4) is 5.75 Å². The summed E-state index contributed by atoms with van der Waals surface area (Å²) in [6.45, 7) is 1.78. The van der Waals surface area contributed by atoms with Crippen molar-refractivity contribution in [1.82, 2.24) is 4.90 Å². The minimum Gasteiger partial charge on any atom is -0.482 e. The van der Waals surface area contributed by atoms with Gasteiger partial charge in [-0.2, -0.15) is 0 Å². The van der Waals surface area contributed by atoms with Crippen molar-refractivity contribution >= 4 is 33.2 Å². The Morgan fingerprint density at radius 3 is 2.59 bits per heavy atom. The highest BCUT2D eigenvalue weighted by Gasteiger charge is 2.39. The van der Waals surface area contributed by atoms with Gasteiger partial charge < -0.3 is 10.5 Å². The fourth-order valence-corrected chi connectivity index (χ4v) is 5.66. The number of hydrogen-bond donors (Lipinski definition) is 2. The monoisotopic (exact) mass is 455 g/mol. The standard InChI is InChI=1S/C20H23Cl2N3O3S/c21-18-16(7-8-17(19(18)22)29(24,26)27)28-20-14-6-2-1-4-12(14)10-15(20)25-9-3-5-13(23)11-25/h1-2,4,6-8,13,15,20H,3,5,9-11,23H2,(H2,24,26,27)/t13-,15+,20+/m1/s1. The van der Waals surface area contributed by atoms with Crippen LogP contribution in [0.5, 0.6) is 5.75 Å². The van der Waals surface area contributed by atoms with Gasteiger partial charge >= 0.3 is 0 Å². The van der Waals surface area contributed by atoms with E-state index < -0.39 is 10.0 Å². The molecule has 4 rings (SSSR count). The first-order valence-corrected chi connectivity index (χ1v) is 11.8. The van der Waals surface area contributed by atoms with E-state index in [0.717, 1.165) is 37.9 Å². The molecule has 0 spiro atoms. The Kier molecular flexibility index (Phi) is 5.81. The maximum atomic E-state index is 11.7. The highest BCUT2D eigenvalue weighted by Crippen LogP contribution is 2.43. The minimum absolute atomic E-state index is 0.0386. The van der Waals surface area contributed by atoms with Gasteiger partial charge in [-0.05, 0) is 49.1 Å². The van der Waals surface area contributed by atoms with Crippen molar-refractivity contribution in [3.05, 3.63) is 57.6 Å². The third-order valence-electron chi connectivity index (χ3n) is 5.67. The summed E-state index contributed by atoms with van der Waals surface area (Å²) in [4.78, 5) is 2.16. The molecule has 9 heteroatoms. The zero-order valence-electron chi connectivity index (χ0n) is 15.7. The lowest BCUT2D eigenvalue weighted by atomic mass is 10.0. The lowest BCUT2D eigenvalue weighted by Crippen LogP contribution is -2.49. The number of likely N-dealkylation sites (tertiary alicyclic amines) is 1. The van der Waals surface area contributed by atoms with Crippen molar-refractivity contribution in [3.63, 3.8) is 0 Å². The summed E-state index contributed by atoms with van der Waals surface area (Å²) >= 11 is 12.5. The van der Waals surface area contributed by atoms with Crippen LogP contribution < -0.4 is 15.6 Å². The smallest absolute Gasteiger partial charge is 0.239 e. The van der Waals surface area contributed by atoms with Gasteiger partial charge in [-0.15, -0.1) is 0 Å². The Morgan fingerprint density at radius 2 is 1.86 bits per heavy atom. The number of ether oxygens (including phenoxy) is 1. The van der Waals surface area contributed by atoms with E-state index in [0.29, 0.717) is 5.75 Å². The van der Waals surface area contributed by atoms with E-state index in [1.165, 1.54) is 17.7 Å². The molecule has 0 aromatic heterocycles. The molecule has 0 unspecified atom stereocenters. The average molecular weight is 456 g/mol. The van der Waals surface area contributed by atoms with Crippen molar-refractivity contribution in [2.75, 3.05) is 13.1 Å². The highest BCUT2D eigenvalue weighted by molar-refractivity contribution is 7.89. The summed E-state index contributed by atoms with van der Waals surface area (Å²) in [5, 5.41) is 5.11. The number of hydrogen-bond acceptors (Lipinski definition) is 5. The van der Waals surface area contributed by atoms with E-state index >= 15 is 0 Å². The van der Waals surface area contributed by atoms with Crippen molar-refractivity contribution in [1.29, 1.82) is 0 Å². The maximum Gasteiger partial charge on any atom is 0.239 e. The van der Waals surface area contributed by atoms with Crippen LogP contribution >= 0.6 is 23.2 Å². The summed E-state index contributed by atoms with van der Waals surface area (Å²) in [6.07, 6.45) is 2.67. The van der Waals surface area contributed by atoms with E-state index in [2.05, 4.69) is 17.0 Å². The van der Waals surface area contributed by atoms with Crippen molar-refractivity contribution < 1.29 is 13.2 Å². The molecule has 1 saturated heterocycles. The number of piperidine rings is 1. The Morgan fingerprint density at radius 1 is 1.10 bits per heavy atom. The van der Waals surface area contributed by atoms with E-state index in [9.17, 15) is 8.42 Å². The van der Waals surface area contributed by atoms with E-state index in [-0.39, 0.29) is 33.1 Å². The van der Waals surface area contributed by atoms with Gasteiger partial charge in [0.15, 0.2) is 0 Å². The predicted molar refractivity (Wildman–Crippen MR) is 114 cm³/mol. The molecule has 0 radical (unpaired) electrons. The van der Waals surface area contributed by atoms with Crippen LogP contribution in [-0.2, 0) is 16.4 Å². The molecule has 1 aliphatic carbocycles. The summed E-state index contributed by atoms with van der Waals surface area (Å²) in [5.41, 5.74) is 8.53. The quantitative estimate of drug-likeness (QED) is 0.737. The van der Waals surface area contributed by atoms with E-state index in [1.54, 1.807) is 0 Å². The third kappa shape index (κ3) is 4.13. The Bertz CT molecular complexity index is 1030. The number of benzene rings is 2. The molecular weight excluding hydrogens is 433 g/mol. The van der Waals surface area contributed by atoms with E-state index in [1.807, 2.05) is 12.1 Å². The third-order valence-corrected chi connectivity index (χ3v) is 7.60. The number of sulfonamides is 1. The molecule has 0 saturated carbocycles. The van der Waals surface area contributed by atoms with Gasteiger partial charge in [-0.3, -0.25) is 4.90 Å². The molecule has 3 atom stereocenters. The second kappa shape index (κ2) is 8.06. The largest absolute Gasteiger partial charge is 0.482 e. The average Bonchev–Trinajstić information content (AvgIpc) is 3.03. The lowest BCUT2D eigenvalue weighted by Gasteiger charge is -2.38. The zero-order valence-corrected chi connectivity index (χ0v) is 18.1. The maximum absolute atomic E-state index is 11.7. The van der Waals surface area contributed by atoms with Crippen LogP contribution in [0.1, 0.15) is 30.1 Å². The molecule has 2 aromatic carbocycles. The van der Waals surface area contributed by atoms with Crippen LogP contribution in [0, 0.1) is 0 Å². The zero-order chi connectivity index (χ0) is 20.8. The predicted octanol–water partition coefficient (Wildman–Crippen LogP) is 3.11. The number of nitrogens with zero attached hydrogens (tertiary/aromatic N) is 1. The van der Waals surface area contributed by atoms with Gasteiger partial charge in [0.1, 0.15) is 21.8 Å². The number of primary sulfonamides is 1. The lowest BCUT2D eigenvalue weighted by molar-refractivity contribution is 0.0593. The van der Waals surface area contributed by atoms with Crippen LogP contribution in [0.4, 0.5) is 0 Å². The summed E-state index contributed by atoms with van der Waals surface area (Å²) in [6, 6.07) is 11.3. The van der Waals surface area contributed by atoms with Gasteiger partial charge in [0.2, 0.25) is 10.0 Å². The van der Waals surface area contributed by atoms with Gasteiger partial charge in [0.05, 0.1) is 11.1 Å². The summed E-state index contributed by atoms with van der Waals surface area (Å²) in [7, 11) is -3.98. The van der Waals surface area contributed by atoms with Gasteiger partial charge in [-0.25, -0.2) is 13.6 Å². The number of halogens is 2. The van der Waals surface area contributed by atoms with Crippen LogP contribution in [0.3, 0.4) is 0 Å². The first-order valence-electron chi connectivity index (χ1n) is 9.50. The van der Waals surface area contributed by atoms with E-state index in [4.69, 9.17) is 38.8 Å². The second-order valence-corrected chi connectivity index (χ2v) is 9.93. The molecule has 4 N–H and O–H groups in total.